The first-order valence-electron chi connectivity index (χ1n) is 4.35. The molecule has 1 aromatic heterocycles. The molecule has 14 heavy (non-hydrogen) atoms. The molecule has 0 saturated carbocycles. The Balaban J connectivity index is 2.51. The van der Waals surface area contributed by atoms with E-state index in [0.717, 1.165) is 9.50 Å². The molecule has 0 saturated heterocycles. The number of rotatable bonds is 4. The van der Waals surface area contributed by atoms with Gasteiger partial charge in [0.1, 0.15) is 5.78 Å². The molecule has 0 aliphatic rings. The van der Waals surface area contributed by atoms with Gasteiger partial charge in [-0.05, 0) is 35.0 Å². The first-order valence-corrected chi connectivity index (χ1v) is 6.03. The molecule has 0 fully saturated rings. The predicted molar refractivity (Wildman–Crippen MR) is 62.6 cm³/mol. The summed E-state index contributed by atoms with van der Waals surface area (Å²) < 4.78 is 0.973. The van der Waals surface area contributed by atoms with E-state index in [0.29, 0.717) is 11.7 Å². The summed E-state index contributed by atoms with van der Waals surface area (Å²) in [7, 11) is 0. The average Bonchev–Trinajstić information content (AvgIpc) is 2.07. The van der Waals surface area contributed by atoms with Crippen LogP contribution in [0.4, 0.5) is 0 Å². The van der Waals surface area contributed by atoms with Crippen LogP contribution in [0.25, 0.3) is 0 Å². The van der Waals surface area contributed by atoms with Crippen LogP contribution >= 0.6 is 27.7 Å². The zero-order chi connectivity index (χ0) is 10.6. The third-order valence-corrected chi connectivity index (χ3v) is 3.12. The van der Waals surface area contributed by atoms with Gasteiger partial charge < -0.3 is 0 Å². The lowest BCUT2D eigenvalue weighted by molar-refractivity contribution is -0.116. The number of Topliss-reactive ketones (excluding diaryl/α,β-unsaturated/α-hetero) is 1. The van der Waals surface area contributed by atoms with Gasteiger partial charge >= 0.3 is 0 Å². The molecule has 0 aromatic carbocycles. The Kier molecular flexibility index (Phi) is 4.62. The lowest BCUT2D eigenvalue weighted by Crippen LogP contribution is -2.03. The molecule has 1 unspecified atom stereocenters. The molecular formula is C10H12BrNOS. The second-order valence-electron chi connectivity index (χ2n) is 3.15. The van der Waals surface area contributed by atoms with Gasteiger partial charge in [-0.3, -0.25) is 4.79 Å². The molecular weight excluding hydrogens is 262 g/mol. The smallest absolute Gasteiger partial charge is 0.130 e. The molecule has 0 N–H and O–H groups in total. The number of aromatic nitrogens is 1. The number of pyridine rings is 1. The SMILES string of the molecule is CC(=O)CC(C)Sc1ccc(Br)cn1. The second kappa shape index (κ2) is 5.51. The van der Waals surface area contributed by atoms with Crippen LogP contribution in [0.3, 0.4) is 0 Å². The minimum atomic E-state index is 0.224. The second-order valence-corrected chi connectivity index (χ2v) is 5.52. The van der Waals surface area contributed by atoms with Crippen molar-refractivity contribution in [2.24, 2.45) is 0 Å². The van der Waals surface area contributed by atoms with Gasteiger partial charge in [0.25, 0.3) is 0 Å². The van der Waals surface area contributed by atoms with Gasteiger partial charge in [0, 0.05) is 22.3 Å². The molecule has 4 heteroatoms. The van der Waals surface area contributed by atoms with E-state index in [4.69, 9.17) is 0 Å². The number of hydrogen-bond donors (Lipinski definition) is 0. The van der Waals surface area contributed by atoms with Crippen LogP contribution < -0.4 is 0 Å². The van der Waals surface area contributed by atoms with Crippen molar-refractivity contribution in [3.63, 3.8) is 0 Å². The topological polar surface area (TPSA) is 30.0 Å². The van der Waals surface area contributed by atoms with Gasteiger partial charge in [0.2, 0.25) is 0 Å². The van der Waals surface area contributed by atoms with Crippen LogP contribution in [-0.4, -0.2) is 16.0 Å². The molecule has 0 aliphatic heterocycles. The summed E-state index contributed by atoms with van der Waals surface area (Å²) in [5.74, 6) is 0.224. The standard InChI is InChI=1S/C10H12BrNOS/c1-7(13)5-8(2)14-10-4-3-9(11)6-12-10/h3-4,6,8H,5H2,1-2H3. The van der Waals surface area contributed by atoms with E-state index in [2.05, 4.69) is 20.9 Å². The number of thioether (sulfide) groups is 1. The number of halogens is 1. The van der Waals surface area contributed by atoms with Crippen molar-refractivity contribution >= 4 is 33.5 Å². The lowest BCUT2D eigenvalue weighted by atomic mass is 10.2. The summed E-state index contributed by atoms with van der Waals surface area (Å²) in [6.45, 7) is 3.65. The van der Waals surface area contributed by atoms with Gasteiger partial charge in [-0.25, -0.2) is 4.98 Å². The van der Waals surface area contributed by atoms with Crippen molar-refractivity contribution in [2.45, 2.75) is 30.5 Å². The van der Waals surface area contributed by atoms with Gasteiger partial charge in [0.15, 0.2) is 0 Å². The third-order valence-electron chi connectivity index (χ3n) is 1.60. The fourth-order valence-corrected chi connectivity index (χ4v) is 2.31. The first kappa shape index (κ1) is 11.7. The first-order chi connectivity index (χ1) is 6.58. The Labute approximate surface area is 96.6 Å². The van der Waals surface area contributed by atoms with Gasteiger partial charge in [-0.1, -0.05) is 6.92 Å². The molecule has 1 atom stereocenters. The molecule has 0 amide bonds. The van der Waals surface area contributed by atoms with Gasteiger partial charge in [-0.15, -0.1) is 11.8 Å². The summed E-state index contributed by atoms with van der Waals surface area (Å²) in [5, 5.41) is 1.25. The largest absolute Gasteiger partial charge is 0.300 e. The monoisotopic (exact) mass is 273 g/mol. The van der Waals surface area contributed by atoms with E-state index in [-0.39, 0.29) is 5.78 Å². The van der Waals surface area contributed by atoms with E-state index >= 15 is 0 Å². The quantitative estimate of drug-likeness (QED) is 0.789. The lowest BCUT2D eigenvalue weighted by Gasteiger charge is -2.07. The summed E-state index contributed by atoms with van der Waals surface area (Å²) in [4.78, 5) is 15.1. The highest BCUT2D eigenvalue weighted by molar-refractivity contribution is 9.10. The maximum absolute atomic E-state index is 10.9. The predicted octanol–water partition coefficient (Wildman–Crippen LogP) is 3.30. The third kappa shape index (κ3) is 4.24. The van der Waals surface area contributed by atoms with Crippen LogP contribution in [-0.2, 0) is 4.79 Å². The van der Waals surface area contributed by atoms with Gasteiger partial charge in [0.05, 0.1) is 5.03 Å². The summed E-state index contributed by atoms with van der Waals surface area (Å²) in [5.41, 5.74) is 0. The molecule has 1 heterocycles. The Hall–Kier alpha value is -0.350. The zero-order valence-electron chi connectivity index (χ0n) is 8.16. The molecule has 0 bridgehead atoms. The van der Waals surface area contributed by atoms with E-state index < -0.39 is 0 Å². The van der Waals surface area contributed by atoms with Crippen molar-refractivity contribution in [2.75, 3.05) is 0 Å². The Morgan fingerprint density at radius 3 is 2.86 bits per heavy atom. The number of nitrogens with zero attached hydrogens (tertiary/aromatic N) is 1. The molecule has 1 aromatic rings. The molecule has 0 spiro atoms. The van der Waals surface area contributed by atoms with Crippen molar-refractivity contribution in [1.29, 1.82) is 0 Å². The fourth-order valence-electron chi connectivity index (χ4n) is 1.08. The summed E-state index contributed by atoms with van der Waals surface area (Å²) >= 11 is 4.95. The van der Waals surface area contributed by atoms with Crippen LogP contribution in [0.1, 0.15) is 20.3 Å². The van der Waals surface area contributed by atoms with E-state index in [1.165, 1.54) is 0 Å². The number of hydrogen-bond acceptors (Lipinski definition) is 3. The van der Waals surface area contributed by atoms with Crippen molar-refractivity contribution in [1.82, 2.24) is 4.98 Å². The number of carbonyl (C=O) groups excluding carboxylic acids is 1. The molecule has 1 rings (SSSR count). The minimum Gasteiger partial charge on any atom is -0.300 e. The highest BCUT2D eigenvalue weighted by Crippen LogP contribution is 2.24. The average molecular weight is 274 g/mol. The normalized spacial score (nSPS) is 12.5. The van der Waals surface area contributed by atoms with Crippen LogP contribution in [0, 0.1) is 0 Å². The minimum absolute atomic E-state index is 0.224. The van der Waals surface area contributed by atoms with Crippen molar-refractivity contribution in [3.8, 4) is 0 Å². The maximum Gasteiger partial charge on any atom is 0.130 e. The molecule has 2 nitrogen and oxygen atoms in total. The van der Waals surface area contributed by atoms with Crippen molar-refractivity contribution < 1.29 is 4.79 Å². The van der Waals surface area contributed by atoms with Crippen LogP contribution in [0.15, 0.2) is 27.8 Å². The zero-order valence-corrected chi connectivity index (χ0v) is 10.6. The molecule has 0 aliphatic carbocycles. The summed E-state index contributed by atoms with van der Waals surface area (Å²) in [6, 6.07) is 3.90. The van der Waals surface area contributed by atoms with Crippen LogP contribution in [0.2, 0.25) is 0 Å². The number of carbonyl (C=O) groups is 1. The van der Waals surface area contributed by atoms with E-state index in [1.54, 1.807) is 24.9 Å². The number of ketones is 1. The maximum atomic E-state index is 10.9. The fraction of sp³-hybridized carbons (Fsp3) is 0.400. The Morgan fingerprint density at radius 2 is 2.36 bits per heavy atom. The van der Waals surface area contributed by atoms with Crippen LogP contribution in [0.5, 0.6) is 0 Å². The Morgan fingerprint density at radius 1 is 1.64 bits per heavy atom. The molecule has 0 radical (unpaired) electrons. The highest BCUT2D eigenvalue weighted by Gasteiger charge is 2.07. The van der Waals surface area contributed by atoms with Crippen molar-refractivity contribution in [3.05, 3.63) is 22.8 Å². The van der Waals surface area contributed by atoms with E-state index in [9.17, 15) is 4.79 Å². The Bertz CT molecular complexity index is 312. The summed E-state index contributed by atoms with van der Waals surface area (Å²) in [6.07, 6.45) is 2.37. The van der Waals surface area contributed by atoms with E-state index in [1.807, 2.05) is 19.1 Å². The highest BCUT2D eigenvalue weighted by atomic mass is 79.9. The van der Waals surface area contributed by atoms with Gasteiger partial charge in [-0.2, -0.15) is 0 Å². The molecule has 76 valence electrons.